The second kappa shape index (κ2) is 4.78. The lowest BCUT2D eigenvalue weighted by molar-refractivity contribution is -0.127. The SMILES string of the molecule is CC(C)CCCNC(=O)C1(CO)CC1. The number of amides is 1. The van der Waals surface area contributed by atoms with Gasteiger partial charge in [0.1, 0.15) is 0 Å². The first-order valence-corrected chi connectivity index (χ1v) is 5.50. The highest BCUT2D eigenvalue weighted by Crippen LogP contribution is 2.45. The molecule has 1 saturated carbocycles. The van der Waals surface area contributed by atoms with Crippen LogP contribution in [-0.2, 0) is 4.79 Å². The summed E-state index contributed by atoms with van der Waals surface area (Å²) in [7, 11) is 0. The quantitative estimate of drug-likeness (QED) is 0.634. The molecule has 0 aromatic carbocycles. The molecule has 0 aromatic heterocycles. The fourth-order valence-corrected chi connectivity index (χ4v) is 1.51. The first-order chi connectivity index (χ1) is 6.60. The van der Waals surface area contributed by atoms with Crippen LogP contribution in [0.15, 0.2) is 0 Å². The maximum atomic E-state index is 11.5. The van der Waals surface area contributed by atoms with Gasteiger partial charge in [0.15, 0.2) is 0 Å². The summed E-state index contributed by atoms with van der Waals surface area (Å²) in [6.45, 7) is 5.11. The molecular formula is C11H21NO2. The number of aliphatic hydroxyl groups is 1. The fraction of sp³-hybridized carbons (Fsp3) is 0.909. The third-order valence-electron chi connectivity index (χ3n) is 2.88. The van der Waals surface area contributed by atoms with Gasteiger partial charge < -0.3 is 10.4 Å². The van der Waals surface area contributed by atoms with Gasteiger partial charge in [-0.3, -0.25) is 4.79 Å². The summed E-state index contributed by atoms with van der Waals surface area (Å²) in [4.78, 5) is 11.5. The molecule has 0 aliphatic heterocycles. The van der Waals surface area contributed by atoms with Crippen molar-refractivity contribution in [1.29, 1.82) is 0 Å². The Labute approximate surface area is 85.9 Å². The lowest BCUT2D eigenvalue weighted by Gasteiger charge is -2.12. The lowest BCUT2D eigenvalue weighted by atomic mass is 10.1. The van der Waals surface area contributed by atoms with Crippen LogP contribution in [0, 0.1) is 11.3 Å². The standard InChI is InChI=1S/C11H21NO2/c1-9(2)4-3-7-12-10(14)11(8-13)5-6-11/h9,13H,3-8H2,1-2H3,(H,12,14). The number of aliphatic hydroxyl groups excluding tert-OH is 1. The van der Waals surface area contributed by atoms with Crippen molar-refractivity contribution in [3.8, 4) is 0 Å². The molecule has 1 aliphatic carbocycles. The molecule has 1 rings (SSSR count). The third kappa shape index (κ3) is 2.98. The van der Waals surface area contributed by atoms with Crippen LogP contribution in [0.2, 0.25) is 0 Å². The largest absolute Gasteiger partial charge is 0.395 e. The van der Waals surface area contributed by atoms with Gasteiger partial charge in [-0.05, 0) is 31.6 Å². The molecule has 0 bridgehead atoms. The summed E-state index contributed by atoms with van der Waals surface area (Å²) in [5.74, 6) is 0.739. The Morgan fingerprint density at radius 2 is 2.14 bits per heavy atom. The summed E-state index contributed by atoms with van der Waals surface area (Å²) in [5.41, 5.74) is -0.405. The maximum Gasteiger partial charge on any atom is 0.228 e. The van der Waals surface area contributed by atoms with E-state index in [-0.39, 0.29) is 12.5 Å². The molecule has 82 valence electrons. The average Bonchev–Trinajstić information content (AvgIpc) is 2.92. The van der Waals surface area contributed by atoms with Crippen molar-refractivity contribution in [2.24, 2.45) is 11.3 Å². The van der Waals surface area contributed by atoms with Crippen LogP contribution in [0.4, 0.5) is 0 Å². The van der Waals surface area contributed by atoms with Gasteiger partial charge in [0.25, 0.3) is 0 Å². The Balaban J connectivity index is 2.10. The summed E-state index contributed by atoms with van der Waals surface area (Å²) < 4.78 is 0. The van der Waals surface area contributed by atoms with Crippen molar-refractivity contribution < 1.29 is 9.90 Å². The second-order valence-corrected chi connectivity index (χ2v) is 4.73. The molecule has 0 radical (unpaired) electrons. The molecule has 0 heterocycles. The van der Waals surface area contributed by atoms with Crippen molar-refractivity contribution in [2.75, 3.05) is 13.2 Å². The second-order valence-electron chi connectivity index (χ2n) is 4.73. The predicted molar refractivity (Wildman–Crippen MR) is 55.8 cm³/mol. The first kappa shape index (κ1) is 11.5. The highest BCUT2D eigenvalue weighted by Gasteiger charge is 2.48. The van der Waals surface area contributed by atoms with E-state index in [0.717, 1.165) is 32.2 Å². The molecule has 3 nitrogen and oxygen atoms in total. The lowest BCUT2D eigenvalue weighted by Crippen LogP contribution is -2.34. The van der Waals surface area contributed by atoms with Gasteiger partial charge in [-0.25, -0.2) is 0 Å². The van der Waals surface area contributed by atoms with E-state index in [2.05, 4.69) is 19.2 Å². The van der Waals surface area contributed by atoms with Crippen LogP contribution in [0.25, 0.3) is 0 Å². The zero-order valence-electron chi connectivity index (χ0n) is 9.18. The average molecular weight is 199 g/mol. The summed E-state index contributed by atoms with van der Waals surface area (Å²) in [6.07, 6.45) is 3.87. The van der Waals surface area contributed by atoms with E-state index in [0.29, 0.717) is 5.92 Å². The molecule has 0 spiro atoms. The van der Waals surface area contributed by atoms with Crippen LogP contribution in [-0.4, -0.2) is 24.2 Å². The summed E-state index contributed by atoms with van der Waals surface area (Å²) in [5, 5.41) is 11.9. The van der Waals surface area contributed by atoms with Crippen molar-refractivity contribution in [2.45, 2.75) is 39.5 Å². The van der Waals surface area contributed by atoms with E-state index in [4.69, 9.17) is 5.11 Å². The highest BCUT2D eigenvalue weighted by molar-refractivity contribution is 5.85. The smallest absolute Gasteiger partial charge is 0.228 e. The van der Waals surface area contributed by atoms with E-state index >= 15 is 0 Å². The van der Waals surface area contributed by atoms with Crippen LogP contribution in [0.5, 0.6) is 0 Å². The summed E-state index contributed by atoms with van der Waals surface area (Å²) >= 11 is 0. The summed E-state index contributed by atoms with van der Waals surface area (Å²) in [6, 6.07) is 0. The predicted octanol–water partition coefficient (Wildman–Crippen LogP) is 1.31. The Bertz CT molecular complexity index is 197. The minimum Gasteiger partial charge on any atom is -0.395 e. The van der Waals surface area contributed by atoms with Gasteiger partial charge in [0, 0.05) is 6.54 Å². The topological polar surface area (TPSA) is 49.3 Å². The number of nitrogens with one attached hydrogen (secondary N) is 1. The third-order valence-corrected chi connectivity index (χ3v) is 2.88. The first-order valence-electron chi connectivity index (χ1n) is 5.50. The van der Waals surface area contributed by atoms with E-state index in [9.17, 15) is 4.79 Å². The van der Waals surface area contributed by atoms with Gasteiger partial charge in [-0.1, -0.05) is 13.8 Å². The Kier molecular flexibility index (Phi) is 3.93. The molecule has 1 amide bonds. The molecule has 1 fully saturated rings. The molecule has 0 unspecified atom stereocenters. The Morgan fingerprint density at radius 3 is 2.57 bits per heavy atom. The van der Waals surface area contributed by atoms with Crippen LogP contribution in [0.3, 0.4) is 0 Å². The van der Waals surface area contributed by atoms with Gasteiger partial charge in [0.05, 0.1) is 12.0 Å². The molecule has 1 aliphatic rings. The highest BCUT2D eigenvalue weighted by atomic mass is 16.3. The molecule has 14 heavy (non-hydrogen) atoms. The van der Waals surface area contributed by atoms with Crippen LogP contribution >= 0.6 is 0 Å². The van der Waals surface area contributed by atoms with Crippen LogP contribution < -0.4 is 5.32 Å². The monoisotopic (exact) mass is 199 g/mol. The number of carbonyl (C=O) groups excluding carboxylic acids is 1. The van der Waals surface area contributed by atoms with Gasteiger partial charge in [-0.2, -0.15) is 0 Å². The number of rotatable bonds is 6. The van der Waals surface area contributed by atoms with Crippen LogP contribution in [0.1, 0.15) is 39.5 Å². The zero-order chi connectivity index (χ0) is 10.6. The van der Waals surface area contributed by atoms with Gasteiger partial charge in [-0.15, -0.1) is 0 Å². The van der Waals surface area contributed by atoms with Crippen molar-refractivity contribution >= 4 is 5.91 Å². The minimum atomic E-state index is -0.405. The fourth-order valence-electron chi connectivity index (χ4n) is 1.51. The van der Waals surface area contributed by atoms with Gasteiger partial charge in [0.2, 0.25) is 5.91 Å². The van der Waals surface area contributed by atoms with Gasteiger partial charge >= 0.3 is 0 Å². The van der Waals surface area contributed by atoms with E-state index < -0.39 is 5.41 Å². The molecule has 0 saturated heterocycles. The van der Waals surface area contributed by atoms with E-state index in [1.54, 1.807) is 0 Å². The number of hydrogen-bond donors (Lipinski definition) is 2. The normalized spacial score (nSPS) is 18.3. The molecule has 3 heteroatoms. The van der Waals surface area contributed by atoms with Crippen molar-refractivity contribution in [1.82, 2.24) is 5.32 Å². The van der Waals surface area contributed by atoms with E-state index in [1.807, 2.05) is 0 Å². The zero-order valence-corrected chi connectivity index (χ0v) is 9.18. The Morgan fingerprint density at radius 1 is 1.50 bits per heavy atom. The van der Waals surface area contributed by atoms with Crippen molar-refractivity contribution in [3.63, 3.8) is 0 Å². The number of carbonyl (C=O) groups is 1. The molecular weight excluding hydrogens is 178 g/mol. The molecule has 0 atom stereocenters. The maximum absolute atomic E-state index is 11.5. The minimum absolute atomic E-state index is 0.00299. The number of hydrogen-bond acceptors (Lipinski definition) is 2. The molecule has 0 aromatic rings. The molecule has 2 N–H and O–H groups in total. The Hall–Kier alpha value is -0.570. The van der Waals surface area contributed by atoms with Crippen molar-refractivity contribution in [3.05, 3.63) is 0 Å². The van der Waals surface area contributed by atoms with E-state index in [1.165, 1.54) is 0 Å².